The maximum atomic E-state index is 11.0. The Morgan fingerprint density at radius 2 is 1.65 bits per heavy atom. The number of hydrogen-bond acceptors (Lipinski definition) is 5. The van der Waals surface area contributed by atoms with E-state index < -0.39 is 12.1 Å². The van der Waals surface area contributed by atoms with Crippen molar-refractivity contribution >= 4 is 23.6 Å². The van der Waals surface area contributed by atoms with Crippen molar-refractivity contribution in [2.24, 2.45) is 30.2 Å². The first-order valence-corrected chi connectivity index (χ1v) is 4.49. The summed E-state index contributed by atoms with van der Waals surface area (Å²) in [4.78, 5) is 22.0. The fourth-order valence-corrected chi connectivity index (χ4v) is 1.40. The van der Waals surface area contributed by atoms with Crippen molar-refractivity contribution in [3.63, 3.8) is 0 Å². The number of nitrogens with two attached hydrogens (primary N) is 4. The van der Waals surface area contributed by atoms with Crippen LogP contribution in [0, 0.1) is 6.92 Å². The minimum Gasteiger partial charge on any atom is -0.350 e. The van der Waals surface area contributed by atoms with Crippen LogP contribution in [-0.4, -0.2) is 21.8 Å². The lowest BCUT2D eigenvalue weighted by Gasteiger charge is -2.19. The monoisotopic (exact) mass is 242 g/mol. The molecule has 0 spiro atoms. The van der Waals surface area contributed by atoms with Gasteiger partial charge in [-0.15, -0.1) is 0 Å². The van der Waals surface area contributed by atoms with E-state index in [1.165, 1.54) is 11.7 Å². The van der Waals surface area contributed by atoms with E-state index in [4.69, 9.17) is 23.2 Å². The van der Waals surface area contributed by atoms with Crippen LogP contribution in [0.4, 0.5) is 21.1 Å². The van der Waals surface area contributed by atoms with Crippen molar-refractivity contribution in [3.05, 3.63) is 5.69 Å². The lowest BCUT2D eigenvalue weighted by molar-refractivity contribution is 0.252. The largest absolute Gasteiger partial charge is 0.350 e. The van der Waals surface area contributed by atoms with E-state index in [0.29, 0.717) is 15.7 Å². The number of hydrogen-bond donors (Lipinski definition) is 4. The summed E-state index contributed by atoms with van der Waals surface area (Å²) in [5, 5.41) is 5.24. The van der Waals surface area contributed by atoms with Crippen molar-refractivity contribution in [2.75, 3.05) is 10.0 Å². The molecule has 1 rings (SSSR count). The summed E-state index contributed by atoms with van der Waals surface area (Å²) in [7, 11) is 1.52. The number of carbonyl (C=O) groups is 2. The van der Waals surface area contributed by atoms with Gasteiger partial charge in [0.2, 0.25) is 0 Å². The molecule has 0 radical (unpaired) electrons. The minimum absolute atomic E-state index is 0.0660. The van der Waals surface area contributed by atoms with Crippen molar-refractivity contribution in [1.29, 1.82) is 0 Å². The number of anilines is 2. The van der Waals surface area contributed by atoms with E-state index in [-0.39, 0.29) is 11.5 Å². The number of aryl methyl sites for hydroxylation is 2. The van der Waals surface area contributed by atoms with Crippen LogP contribution in [0.1, 0.15) is 5.69 Å². The molecule has 0 fully saturated rings. The number of amides is 4. The third-order valence-electron chi connectivity index (χ3n) is 2.10. The second kappa shape index (κ2) is 4.27. The molecule has 0 saturated heterocycles. The Morgan fingerprint density at radius 3 is 2.06 bits per heavy atom. The van der Waals surface area contributed by atoms with Gasteiger partial charge in [-0.2, -0.15) is 5.10 Å². The van der Waals surface area contributed by atoms with Gasteiger partial charge in [-0.1, -0.05) is 0 Å². The van der Waals surface area contributed by atoms with E-state index in [9.17, 15) is 9.59 Å². The Hall–Kier alpha value is -2.33. The molecule has 0 aliphatic carbocycles. The predicted octanol–water partition coefficient (Wildman–Crippen LogP) is -1.75. The van der Waals surface area contributed by atoms with E-state index in [1.807, 2.05) is 0 Å². The molecule has 17 heavy (non-hydrogen) atoms. The Labute approximate surface area is 96.6 Å². The maximum absolute atomic E-state index is 11.0. The smallest absolute Gasteiger partial charge is 0.335 e. The number of urea groups is 2. The molecule has 1 aromatic rings. The van der Waals surface area contributed by atoms with Crippen molar-refractivity contribution in [1.82, 2.24) is 9.78 Å². The Morgan fingerprint density at radius 1 is 1.18 bits per heavy atom. The fraction of sp³-hybridized carbons (Fsp3) is 0.286. The molecule has 0 aliphatic heterocycles. The minimum atomic E-state index is -0.924. The molecule has 0 saturated carbocycles. The average molecular weight is 242 g/mol. The lowest BCUT2D eigenvalue weighted by atomic mass is 10.3. The van der Waals surface area contributed by atoms with E-state index in [0.717, 1.165) is 0 Å². The SMILES string of the molecule is Cc1nn(C)c(N(N)C(N)=O)c1N(N)C(N)=O. The fourth-order valence-electron chi connectivity index (χ4n) is 1.40. The highest BCUT2D eigenvalue weighted by atomic mass is 16.2. The van der Waals surface area contributed by atoms with Gasteiger partial charge < -0.3 is 11.5 Å². The highest BCUT2D eigenvalue weighted by Crippen LogP contribution is 2.29. The summed E-state index contributed by atoms with van der Waals surface area (Å²) in [6, 6.07) is -1.84. The molecule has 0 atom stereocenters. The van der Waals surface area contributed by atoms with Gasteiger partial charge in [-0.25, -0.2) is 36.0 Å². The summed E-state index contributed by atoms with van der Waals surface area (Å²) in [6.45, 7) is 1.58. The Balaban J connectivity index is 3.39. The molecular weight excluding hydrogens is 228 g/mol. The third kappa shape index (κ3) is 2.11. The molecule has 0 unspecified atom stereocenters. The number of aromatic nitrogens is 2. The van der Waals surface area contributed by atoms with Crippen LogP contribution < -0.4 is 33.2 Å². The van der Waals surface area contributed by atoms with Crippen LogP contribution in [0.2, 0.25) is 0 Å². The maximum Gasteiger partial charge on any atom is 0.335 e. The number of hydrazine groups is 2. The first-order valence-electron chi connectivity index (χ1n) is 4.49. The molecule has 10 heteroatoms. The Kier molecular flexibility index (Phi) is 3.20. The van der Waals surface area contributed by atoms with Gasteiger partial charge in [-0.3, -0.25) is 0 Å². The summed E-state index contributed by atoms with van der Waals surface area (Å²) in [5.74, 6) is 11.0. The molecule has 0 aromatic carbocycles. The van der Waals surface area contributed by atoms with Crippen molar-refractivity contribution in [2.45, 2.75) is 6.92 Å². The summed E-state index contributed by atoms with van der Waals surface area (Å²) in [6.07, 6.45) is 0. The molecule has 4 amide bonds. The molecule has 0 aliphatic rings. The molecule has 10 nitrogen and oxygen atoms in total. The van der Waals surface area contributed by atoms with Crippen LogP contribution in [-0.2, 0) is 7.05 Å². The van der Waals surface area contributed by atoms with Crippen molar-refractivity contribution in [3.8, 4) is 0 Å². The zero-order valence-electron chi connectivity index (χ0n) is 9.41. The molecule has 94 valence electrons. The normalized spacial score (nSPS) is 10.1. The second-order valence-electron chi connectivity index (χ2n) is 3.30. The second-order valence-corrected chi connectivity index (χ2v) is 3.30. The van der Waals surface area contributed by atoms with Crippen LogP contribution in [0.25, 0.3) is 0 Å². The van der Waals surface area contributed by atoms with Crippen LogP contribution >= 0.6 is 0 Å². The zero-order valence-corrected chi connectivity index (χ0v) is 9.41. The first-order chi connectivity index (χ1) is 7.77. The van der Waals surface area contributed by atoms with Gasteiger partial charge >= 0.3 is 12.1 Å². The summed E-state index contributed by atoms with van der Waals surface area (Å²) >= 11 is 0. The molecule has 1 heterocycles. The standard InChI is InChI=1S/C7H14N8O2/c1-3-4(14(10)6(8)16)5(13(2)12-3)15(11)7(9)17/h10-11H2,1-2H3,(H2,8,16)(H2,9,17). The average Bonchev–Trinajstić information content (AvgIpc) is 2.50. The zero-order chi connectivity index (χ0) is 13.3. The van der Waals surface area contributed by atoms with Gasteiger partial charge in [0.05, 0.1) is 5.69 Å². The van der Waals surface area contributed by atoms with Gasteiger partial charge in [0.25, 0.3) is 0 Å². The van der Waals surface area contributed by atoms with Crippen LogP contribution in [0.3, 0.4) is 0 Å². The van der Waals surface area contributed by atoms with Crippen LogP contribution in [0.5, 0.6) is 0 Å². The first kappa shape index (κ1) is 12.7. The number of primary amides is 2. The molecule has 8 N–H and O–H groups in total. The predicted molar refractivity (Wildman–Crippen MR) is 60.4 cm³/mol. The van der Waals surface area contributed by atoms with Gasteiger partial charge in [0, 0.05) is 7.05 Å². The molecule has 0 bridgehead atoms. The van der Waals surface area contributed by atoms with Gasteiger partial charge in [-0.05, 0) is 6.92 Å². The molecular formula is C7H14N8O2. The summed E-state index contributed by atoms with van der Waals surface area (Å²) in [5.41, 5.74) is 10.6. The number of rotatable bonds is 2. The van der Waals surface area contributed by atoms with E-state index in [2.05, 4.69) is 5.10 Å². The van der Waals surface area contributed by atoms with Gasteiger partial charge in [0.15, 0.2) is 5.82 Å². The summed E-state index contributed by atoms with van der Waals surface area (Å²) < 4.78 is 1.26. The van der Waals surface area contributed by atoms with Crippen LogP contribution in [0.15, 0.2) is 0 Å². The van der Waals surface area contributed by atoms with Crippen molar-refractivity contribution < 1.29 is 9.59 Å². The van der Waals surface area contributed by atoms with E-state index in [1.54, 1.807) is 6.92 Å². The van der Waals surface area contributed by atoms with E-state index >= 15 is 0 Å². The number of carbonyl (C=O) groups excluding carboxylic acids is 2. The topological polar surface area (TPSA) is 163 Å². The Bertz CT molecular complexity index is 426. The molecule has 1 aromatic heterocycles. The lowest BCUT2D eigenvalue weighted by Crippen LogP contribution is -2.46. The highest BCUT2D eigenvalue weighted by Gasteiger charge is 2.25. The quantitative estimate of drug-likeness (QED) is 0.274. The number of nitrogens with zero attached hydrogens (tertiary/aromatic N) is 4. The van der Waals surface area contributed by atoms with Gasteiger partial charge in [0.1, 0.15) is 5.69 Å². The third-order valence-corrected chi connectivity index (χ3v) is 2.10. The highest BCUT2D eigenvalue weighted by molar-refractivity contribution is 5.98.